The number of benzene rings is 2. The highest BCUT2D eigenvalue weighted by atomic mass is 35.5. The van der Waals surface area contributed by atoms with Gasteiger partial charge in [-0.05, 0) is 72.9 Å². The highest BCUT2D eigenvalue weighted by molar-refractivity contribution is 6.58. The van der Waals surface area contributed by atoms with Gasteiger partial charge in [0.15, 0.2) is 27.1 Å². The van der Waals surface area contributed by atoms with Gasteiger partial charge in [-0.15, -0.1) is 23.2 Å². The Morgan fingerprint density at radius 2 is 1.62 bits per heavy atom. The lowest BCUT2D eigenvalue weighted by atomic mass is 9.56. The normalized spacial score (nSPS) is 29.2. The van der Waals surface area contributed by atoms with Gasteiger partial charge in [0.2, 0.25) is 0 Å². The van der Waals surface area contributed by atoms with Crippen molar-refractivity contribution in [3.05, 3.63) is 94.2 Å². The minimum absolute atomic E-state index is 0.0162. The molecule has 1 N–H and O–H groups in total. The van der Waals surface area contributed by atoms with E-state index in [2.05, 4.69) is 4.98 Å². The molecule has 1 saturated carbocycles. The number of anilines is 2. The van der Waals surface area contributed by atoms with Crippen LogP contribution in [0.2, 0.25) is 5.02 Å². The van der Waals surface area contributed by atoms with E-state index < -0.39 is 98.5 Å². The lowest BCUT2D eigenvalue weighted by molar-refractivity contribution is -0.141. The molecule has 7 rings (SSSR count). The third kappa shape index (κ3) is 4.67. The average molecular weight is 756 g/mol. The highest BCUT2D eigenvalue weighted by Gasteiger charge is 2.76. The van der Waals surface area contributed by atoms with Crippen molar-refractivity contribution in [3.63, 3.8) is 0 Å². The van der Waals surface area contributed by atoms with Crippen LogP contribution in [0.3, 0.4) is 0 Å². The van der Waals surface area contributed by atoms with Gasteiger partial charge in [-0.3, -0.25) is 24.2 Å². The summed E-state index contributed by atoms with van der Waals surface area (Å²) >= 11 is 20.6. The number of pyridine rings is 1. The summed E-state index contributed by atoms with van der Waals surface area (Å²) in [6, 6.07) is 9.14. The van der Waals surface area contributed by atoms with Crippen molar-refractivity contribution in [2.45, 2.75) is 34.7 Å². The average Bonchev–Trinajstić information content (AvgIpc) is 3.40. The third-order valence-electron chi connectivity index (χ3n) is 9.90. The number of halogens is 8. The first-order valence-corrected chi connectivity index (χ1v) is 16.1. The Hall–Kier alpha value is -4.27. The monoisotopic (exact) mass is 754 g/mol. The number of alkyl halides is 5. The van der Waals surface area contributed by atoms with E-state index in [0.717, 1.165) is 42.4 Å². The summed E-state index contributed by atoms with van der Waals surface area (Å²) < 4.78 is 69.3. The number of hydrogen-bond donors (Lipinski definition) is 1. The Bertz CT molecular complexity index is 2050. The molecule has 0 bridgehead atoms. The predicted octanol–water partition coefficient (Wildman–Crippen LogP) is 6.35. The minimum atomic E-state index is -4.87. The molecule has 17 heteroatoms. The number of carbonyl (C=O) groups is 4. The quantitative estimate of drug-likeness (QED) is 0.143. The lowest BCUT2D eigenvalue weighted by Crippen LogP contribution is -2.60. The molecule has 6 unspecified atom stereocenters. The number of aromatic nitrogens is 1. The van der Waals surface area contributed by atoms with Crippen LogP contribution >= 0.6 is 34.8 Å². The maximum absolute atomic E-state index is 14.9. The topological polar surface area (TPSA) is 111 Å². The van der Waals surface area contributed by atoms with Crippen molar-refractivity contribution in [2.24, 2.45) is 17.8 Å². The Morgan fingerprint density at radius 3 is 2.26 bits per heavy atom. The fourth-order valence-electron chi connectivity index (χ4n) is 7.67. The molecule has 50 heavy (non-hydrogen) atoms. The largest absolute Gasteiger partial charge is 0.505 e. The lowest BCUT2D eigenvalue weighted by Gasteiger charge is -2.50. The van der Waals surface area contributed by atoms with E-state index in [1.165, 1.54) is 18.2 Å². The van der Waals surface area contributed by atoms with Crippen LogP contribution < -0.4 is 9.91 Å². The van der Waals surface area contributed by atoms with Gasteiger partial charge in [-0.1, -0.05) is 29.3 Å². The first-order valence-electron chi connectivity index (χ1n) is 15.0. The van der Waals surface area contributed by atoms with Crippen molar-refractivity contribution >= 4 is 69.9 Å². The van der Waals surface area contributed by atoms with E-state index in [-0.39, 0.29) is 28.3 Å². The molecular formula is C33H22Cl3F5N4O5. The van der Waals surface area contributed by atoms with Crippen LogP contribution in [0.15, 0.2) is 66.2 Å². The van der Waals surface area contributed by atoms with E-state index in [1.807, 2.05) is 0 Å². The Kier molecular flexibility index (Phi) is 7.78. The summed E-state index contributed by atoms with van der Waals surface area (Å²) in [6.45, 7) is 0. The zero-order chi connectivity index (χ0) is 36.2. The molecule has 2 saturated heterocycles. The number of carbonyl (C=O) groups excluding carboxylic acids is 4. The van der Waals surface area contributed by atoms with Crippen molar-refractivity contribution in [1.82, 2.24) is 9.99 Å². The second-order valence-electron chi connectivity index (χ2n) is 12.5. The van der Waals surface area contributed by atoms with Crippen LogP contribution in [-0.2, 0) is 25.4 Å². The number of imide groups is 2. The van der Waals surface area contributed by atoms with Crippen molar-refractivity contribution < 1.29 is 46.2 Å². The van der Waals surface area contributed by atoms with E-state index in [4.69, 9.17) is 34.8 Å². The molecule has 4 aliphatic rings. The SMILES string of the molecule is CN(c1nc(C(F)(F)F)ccc1Cl)N1C(=O)C2CC=C3C(CC4(Cl)C(=O)N(c5ccc(F)cc5)C(=O)C4(Cl)C3c3ccc(O)c(F)c3)C2C1=O. The highest BCUT2D eigenvalue weighted by Crippen LogP contribution is 2.66. The Balaban J connectivity index is 1.35. The number of phenols is 1. The van der Waals surface area contributed by atoms with Gasteiger partial charge in [0.1, 0.15) is 11.5 Å². The molecule has 1 aromatic heterocycles. The molecule has 6 atom stereocenters. The molecule has 260 valence electrons. The van der Waals surface area contributed by atoms with Gasteiger partial charge >= 0.3 is 6.18 Å². The van der Waals surface area contributed by atoms with Crippen molar-refractivity contribution in [2.75, 3.05) is 17.0 Å². The summed E-state index contributed by atoms with van der Waals surface area (Å²) in [7, 11) is 1.14. The van der Waals surface area contributed by atoms with Gasteiger partial charge in [0.25, 0.3) is 23.6 Å². The first kappa shape index (κ1) is 34.2. The molecule has 9 nitrogen and oxygen atoms in total. The first-order chi connectivity index (χ1) is 23.4. The van der Waals surface area contributed by atoms with E-state index in [1.54, 1.807) is 6.08 Å². The summed E-state index contributed by atoms with van der Waals surface area (Å²) in [5.41, 5.74) is -1.09. The maximum Gasteiger partial charge on any atom is 0.433 e. The second kappa shape index (κ2) is 11.4. The zero-order valence-electron chi connectivity index (χ0n) is 25.4. The molecule has 3 fully saturated rings. The van der Waals surface area contributed by atoms with Crippen LogP contribution in [0, 0.1) is 29.4 Å². The Morgan fingerprint density at radius 1 is 0.940 bits per heavy atom. The zero-order valence-corrected chi connectivity index (χ0v) is 27.7. The predicted molar refractivity (Wildman–Crippen MR) is 169 cm³/mol. The number of phenolic OH excluding ortho intramolecular Hbond substituents is 1. The van der Waals surface area contributed by atoms with Gasteiger partial charge in [0, 0.05) is 13.0 Å². The summed E-state index contributed by atoms with van der Waals surface area (Å²) in [4.78, 5) is 56.3. The number of amides is 4. The van der Waals surface area contributed by atoms with Crippen LogP contribution in [0.25, 0.3) is 0 Å². The van der Waals surface area contributed by atoms with E-state index >= 15 is 0 Å². The smallest absolute Gasteiger partial charge is 0.433 e. The molecule has 0 spiro atoms. The fraction of sp³-hybridized carbons (Fsp3) is 0.303. The summed E-state index contributed by atoms with van der Waals surface area (Å²) in [6.07, 6.45) is -3.89. The van der Waals surface area contributed by atoms with Crippen LogP contribution in [0.1, 0.15) is 30.0 Å². The molecular weight excluding hydrogens is 734 g/mol. The van der Waals surface area contributed by atoms with Gasteiger partial charge in [0.05, 0.1) is 22.5 Å². The number of allylic oxidation sites excluding steroid dienone is 2. The number of aromatic hydroxyl groups is 1. The third-order valence-corrected chi connectivity index (χ3v) is 11.6. The Labute approximate surface area is 294 Å². The molecule has 4 amide bonds. The molecule has 0 radical (unpaired) electrons. The van der Waals surface area contributed by atoms with Gasteiger partial charge < -0.3 is 5.11 Å². The molecule has 3 heterocycles. The van der Waals surface area contributed by atoms with Gasteiger partial charge in [-0.2, -0.15) is 18.2 Å². The number of rotatable bonds is 4. The number of hydrazine groups is 1. The number of nitrogens with zero attached hydrogens (tertiary/aromatic N) is 4. The molecule has 3 aromatic rings. The van der Waals surface area contributed by atoms with Crippen molar-refractivity contribution in [3.8, 4) is 5.75 Å². The van der Waals surface area contributed by atoms with Crippen LogP contribution in [0.4, 0.5) is 33.5 Å². The maximum atomic E-state index is 14.9. The summed E-state index contributed by atoms with van der Waals surface area (Å²) in [5.74, 6) is -11.5. The molecule has 2 aliphatic heterocycles. The molecule has 2 aliphatic carbocycles. The van der Waals surface area contributed by atoms with Crippen LogP contribution in [-0.4, -0.2) is 55.5 Å². The standard InChI is InChI=1S/C33H22Cl3F5N4O5/c1-43(26-20(34)9-11-23(42-26)33(39,40)41)45-27(47)18-8-7-17-19(24(18)28(45)48)13-31(35)29(49)44(16-5-3-15(37)4-6-16)30(50)32(31,36)25(17)14-2-10-22(46)21(38)12-14/h2-7,9-12,18-19,24-25,46H,8,13H2,1H3. The number of fused-ring (bicyclic) bond motifs is 4. The fourth-order valence-corrected chi connectivity index (χ4v) is 8.83. The molecule has 2 aromatic carbocycles. The van der Waals surface area contributed by atoms with E-state index in [0.29, 0.717) is 16.0 Å². The van der Waals surface area contributed by atoms with Crippen LogP contribution in [0.5, 0.6) is 5.75 Å². The second-order valence-corrected chi connectivity index (χ2v) is 14.1. The van der Waals surface area contributed by atoms with E-state index in [9.17, 15) is 46.2 Å². The van der Waals surface area contributed by atoms with Crippen molar-refractivity contribution in [1.29, 1.82) is 0 Å². The number of hydrogen-bond acceptors (Lipinski definition) is 7. The van der Waals surface area contributed by atoms with Gasteiger partial charge in [-0.25, -0.2) is 18.7 Å². The summed E-state index contributed by atoms with van der Waals surface area (Å²) in [5, 5.41) is 11.1. The minimum Gasteiger partial charge on any atom is -0.505 e.